The number of nitrogens with zero attached hydrogens (tertiary/aromatic N) is 2. The van der Waals surface area contributed by atoms with E-state index in [4.69, 9.17) is 15.2 Å². The van der Waals surface area contributed by atoms with Gasteiger partial charge in [0.15, 0.2) is 0 Å². The number of aromatic nitrogens is 1. The van der Waals surface area contributed by atoms with Gasteiger partial charge in [-0.15, -0.1) is 0 Å². The first-order valence-corrected chi connectivity index (χ1v) is 26.8. The number of alkyl carbamates (subject to hydrolysis) is 1. The van der Waals surface area contributed by atoms with E-state index in [2.05, 4.69) is 31.8 Å². The standard InChI is InChI=1S/C46H65IN7O10S/c1-6-35-46(47-35,42(59)52-65(61,62)45(5)21-22-45)51-40(57)33-20-13-25-54(33)41(58)37(44(2,3)4)50-43(60)64-34-27-28(34)15-8-7-9-17-30-36(29-16-10-11-18-31(29)49-39(30)56)63-26-14-24-53-23-12-19-32(53)38(48)55/h6,10-11,16,18,28,32-35,37H,1,7-9,12-15,17,19-27H2,2-5H3,(H2,48,55)(H,49,56)(H,50,60)(H,51,57)(H,52,59)/q-1/t28-,32-,33+,34?,35+,37-,46-/m1/s1. The van der Waals surface area contributed by atoms with Crippen LogP contribution < -0.4 is 52.6 Å². The Labute approximate surface area is 391 Å². The van der Waals surface area contributed by atoms with Gasteiger partial charge in [0.05, 0.1) is 23.7 Å². The third kappa shape index (κ3) is 11.0. The second kappa shape index (κ2) is 19.5. The fraction of sp³-hybridized carbons (Fsp3) is 0.652. The molecule has 5 aliphatic rings. The minimum atomic E-state index is -3.93. The molecule has 2 aliphatic carbocycles. The van der Waals surface area contributed by atoms with E-state index < -0.39 is 80.8 Å². The van der Waals surface area contributed by atoms with Crippen LogP contribution in [0.3, 0.4) is 0 Å². The summed E-state index contributed by atoms with van der Waals surface area (Å²) in [4.78, 5) is 86.4. The van der Waals surface area contributed by atoms with E-state index >= 15 is 0 Å². The Kier molecular flexibility index (Phi) is 14.6. The van der Waals surface area contributed by atoms with E-state index in [1.165, 1.54) is 4.90 Å². The van der Waals surface area contributed by atoms with Crippen LogP contribution >= 0.6 is 0 Å². The van der Waals surface area contributed by atoms with Crippen molar-refractivity contribution in [2.45, 2.75) is 148 Å². The maximum atomic E-state index is 14.2. The molecule has 5 fully saturated rings. The molecule has 1 unspecified atom stereocenters. The van der Waals surface area contributed by atoms with Gasteiger partial charge in [-0.1, -0.05) is 25.0 Å². The number of H-pyrrole nitrogens is 1. The number of nitrogens with one attached hydrogen (secondary N) is 4. The number of nitrogens with two attached hydrogens (primary N) is 1. The van der Waals surface area contributed by atoms with Crippen molar-refractivity contribution in [2.24, 2.45) is 17.1 Å². The average Bonchev–Trinajstić information content (AvgIpc) is 4.19. The molecule has 17 nitrogen and oxygen atoms in total. The number of carbonyl (C=O) groups is 5. The number of hydrogen-bond acceptors (Lipinski definition) is 11. The van der Waals surface area contributed by atoms with Crippen molar-refractivity contribution in [1.82, 2.24) is 30.1 Å². The van der Waals surface area contributed by atoms with Gasteiger partial charge in [-0.25, -0.2) is 0 Å². The van der Waals surface area contributed by atoms with Crippen molar-refractivity contribution in [3.63, 3.8) is 0 Å². The summed E-state index contributed by atoms with van der Waals surface area (Å²) in [5.41, 5.74) is 6.00. The van der Waals surface area contributed by atoms with Crippen LogP contribution in [-0.2, 0) is 40.4 Å². The molecule has 0 radical (unpaired) electrons. The van der Waals surface area contributed by atoms with E-state index in [1.807, 2.05) is 45.0 Å². The number of pyridine rings is 1. The van der Waals surface area contributed by atoms with Crippen LogP contribution in [0.1, 0.15) is 110 Å². The summed E-state index contributed by atoms with van der Waals surface area (Å²) in [5, 5.41) is 6.48. The molecule has 3 aliphatic heterocycles. The molecule has 3 saturated heterocycles. The second-order valence-electron chi connectivity index (χ2n) is 19.6. The molecule has 0 bridgehead atoms. The Morgan fingerprint density at radius 2 is 1.77 bits per heavy atom. The third-order valence-corrected chi connectivity index (χ3v) is 19.6. The molecular formula is C46H65IN7O10S-. The fourth-order valence-electron chi connectivity index (χ4n) is 9.18. The molecule has 0 spiro atoms. The number of rotatable bonds is 21. The first-order chi connectivity index (χ1) is 30.8. The quantitative estimate of drug-likeness (QED) is 0.0376. The summed E-state index contributed by atoms with van der Waals surface area (Å²) in [6, 6.07) is 5.44. The number of benzene rings is 1. The number of alkyl halides is 2. The van der Waals surface area contributed by atoms with E-state index in [9.17, 15) is 37.2 Å². The van der Waals surface area contributed by atoms with Crippen molar-refractivity contribution in [3.8, 4) is 5.75 Å². The van der Waals surface area contributed by atoms with Crippen LogP contribution in [0.15, 0.2) is 41.7 Å². The summed E-state index contributed by atoms with van der Waals surface area (Å²) < 4.78 is 37.4. The van der Waals surface area contributed by atoms with Crippen LogP contribution in [0.5, 0.6) is 5.75 Å². The zero-order chi connectivity index (χ0) is 46.9. The van der Waals surface area contributed by atoms with E-state index in [-0.39, 0.29) is 40.0 Å². The number of halogens is 1. The van der Waals surface area contributed by atoms with Gasteiger partial charge in [0.25, 0.3) is 5.56 Å². The second-order valence-corrected chi connectivity index (χ2v) is 25.5. The number of para-hydroxylation sites is 1. The zero-order valence-electron chi connectivity index (χ0n) is 37.9. The molecule has 2 aromatic rings. The number of aromatic amines is 1. The topological polar surface area (TPSA) is 239 Å². The predicted octanol–water partition coefficient (Wildman–Crippen LogP) is 0.338. The number of amides is 5. The first kappa shape index (κ1) is 48.7. The number of ether oxygens (including phenoxy) is 2. The summed E-state index contributed by atoms with van der Waals surface area (Å²) in [5.74, 6) is -1.25. The molecule has 7 rings (SSSR count). The fourth-order valence-corrected chi connectivity index (χ4v) is 13.3. The molecule has 4 heterocycles. The molecule has 6 N–H and O–H groups in total. The number of unbranched alkanes of at least 4 members (excludes halogenated alkanes) is 2. The number of sulfonamides is 1. The van der Waals surface area contributed by atoms with Gasteiger partial charge in [-0.3, -0.25) is 14.5 Å². The molecular weight excluding hydrogens is 970 g/mol. The summed E-state index contributed by atoms with van der Waals surface area (Å²) in [7, 11) is -3.93. The van der Waals surface area contributed by atoms with Gasteiger partial charge < -0.3 is 15.5 Å². The summed E-state index contributed by atoms with van der Waals surface area (Å²) in [6.07, 6.45) is 9.35. The summed E-state index contributed by atoms with van der Waals surface area (Å²) in [6.45, 7) is 13.0. The molecule has 2 saturated carbocycles. The van der Waals surface area contributed by atoms with E-state index in [1.54, 1.807) is 13.0 Å². The van der Waals surface area contributed by atoms with Crippen molar-refractivity contribution < 1.29 is 63.1 Å². The normalized spacial score (nSPS) is 26.3. The van der Waals surface area contributed by atoms with Crippen LogP contribution in [0, 0.1) is 11.3 Å². The molecule has 5 amide bonds. The molecule has 358 valence electrons. The van der Waals surface area contributed by atoms with Gasteiger partial charge in [-0.05, 0) is 57.2 Å². The average molecular weight is 1040 g/mol. The van der Waals surface area contributed by atoms with Gasteiger partial charge in [0.2, 0.25) is 5.91 Å². The molecule has 1 aromatic heterocycles. The number of carbonyl (C=O) groups excluding carboxylic acids is 5. The van der Waals surface area contributed by atoms with Crippen LogP contribution in [0.25, 0.3) is 10.9 Å². The van der Waals surface area contributed by atoms with Gasteiger partial charge in [0, 0.05) is 11.9 Å². The number of likely N-dealkylation sites (tertiary alicyclic amines) is 2. The van der Waals surface area contributed by atoms with Crippen LogP contribution in [0.4, 0.5) is 4.79 Å². The van der Waals surface area contributed by atoms with E-state index in [0.29, 0.717) is 74.9 Å². The first-order valence-electron chi connectivity index (χ1n) is 23.0. The van der Waals surface area contributed by atoms with Crippen LogP contribution in [0.2, 0.25) is 0 Å². The van der Waals surface area contributed by atoms with Crippen molar-refractivity contribution in [1.29, 1.82) is 0 Å². The zero-order valence-corrected chi connectivity index (χ0v) is 40.9. The van der Waals surface area contributed by atoms with Crippen LogP contribution in [-0.4, -0.2) is 116 Å². The molecule has 7 atom stereocenters. The number of primary amides is 1. The Balaban J connectivity index is 0.871. The Bertz CT molecular complexity index is 2350. The van der Waals surface area contributed by atoms with Gasteiger partial charge >= 0.3 is 228 Å². The van der Waals surface area contributed by atoms with Crippen molar-refractivity contribution in [3.05, 3.63) is 52.8 Å². The van der Waals surface area contributed by atoms with E-state index in [0.717, 1.165) is 50.5 Å². The summed E-state index contributed by atoms with van der Waals surface area (Å²) >= 11 is -0.983. The Morgan fingerprint density at radius 3 is 2.46 bits per heavy atom. The molecule has 1 aromatic carbocycles. The third-order valence-electron chi connectivity index (χ3n) is 13.6. The minimum absolute atomic E-state index is 0.170. The molecule has 65 heavy (non-hydrogen) atoms. The number of hydrogen-bond donors (Lipinski definition) is 5. The maximum absolute atomic E-state index is 14.2. The predicted molar refractivity (Wildman–Crippen MR) is 240 cm³/mol. The van der Waals surface area contributed by atoms with Gasteiger partial charge in [0.1, 0.15) is 5.75 Å². The van der Waals surface area contributed by atoms with Crippen molar-refractivity contribution >= 4 is 50.6 Å². The van der Waals surface area contributed by atoms with Crippen molar-refractivity contribution in [2.75, 3.05) is 26.2 Å². The number of fused-ring (bicyclic) bond motifs is 1. The Hall–Kier alpha value is -4.24. The van der Waals surface area contributed by atoms with Gasteiger partial charge in [-0.2, -0.15) is 0 Å². The monoisotopic (exact) mass is 1030 g/mol. The Morgan fingerprint density at radius 1 is 1.05 bits per heavy atom. The molecule has 19 heteroatoms. The SMILES string of the molecule is C=C[C@@H]1[I-][C@]1(NC(=O)[C@@H]1CCCN1C(=O)[C@@H](NC(=O)OC1C[C@H]1CCCCCc1c(OCCCN2CCC[C@@H]2C(N)=O)c2ccccc2[nH]c1=O)C(C)(C)C)C(=O)NS(=O)(=O)C1(C)CC1.